The molecule has 18 nitrogen and oxygen atoms in total. The van der Waals surface area contributed by atoms with E-state index in [-0.39, 0.29) is 94.2 Å². The summed E-state index contributed by atoms with van der Waals surface area (Å²) in [5.41, 5.74) is 1.87. The number of allylic oxidation sites excluding steroid dienone is 2. The van der Waals surface area contributed by atoms with Crippen LogP contribution in [0.25, 0.3) is 0 Å². The van der Waals surface area contributed by atoms with Gasteiger partial charge in [0.2, 0.25) is 11.6 Å². The highest BCUT2D eigenvalue weighted by atomic mass is 35.5. The average Bonchev–Trinajstić information content (AvgIpc) is 3.20. The van der Waals surface area contributed by atoms with Gasteiger partial charge in [0, 0.05) is 73.7 Å². The summed E-state index contributed by atoms with van der Waals surface area (Å²) in [7, 11) is 2.42. The first kappa shape index (κ1) is 49.4. The minimum atomic E-state index is -0.970. The SMILES string of the molecule is COC(=O)C1=C(C)NC(C)=C(C(=O)OC)C1c1ccccc1[N+](=O)[O-].Cl.Cl.O=C1c2c(O)ccc(O)c2C(=O)c2c(NCCNCCO)ccc(NCCNCCO)c21. The summed E-state index contributed by atoms with van der Waals surface area (Å²) >= 11 is 0. The number of fused-ring (bicyclic) bond motifs is 2. The predicted octanol–water partition coefficient (Wildman–Crippen LogP) is 2.88. The fourth-order valence-corrected chi connectivity index (χ4v) is 6.60. The number of halogens is 2. The maximum absolute atomic E-state index is 13.4. The number of carbonyl (C=O) groups excluding carboxylic acids is 4. The van der Waals surface area contributed by atoms with Crippen molar-refractivity contribution in [2.75, 3.05) is 77.3 Å². The van der Waals surface area contributed by atoms with Gasteiger partial charge in [0.1, 0.15) is 11.5 Å². The largest absolute Gasteiger partial charge is 0.507 e. The smallest absolute Gasteiger partial charge is 0.336 e. The summed E-state index contributed by atoms with van der Waals surface area (Å²) in [6, 6.07) is 11.7. The van der Waals surface area contributed by atoms with Gasteiger partial charge in [0.05, 0.1) is 71.7 Å². The quantitative estimate of drug-likeness (QED) is 0.0258. The number of methoxy groups -OCH3 is 2. The second-order valence-electron chi connectivity index (χ2n) is 12.7. The first-order valence-electron chi connectivity index (χ1n) is 17.8. The standard InChI is InChI=1S/C22H28N4O6.C17H18N2O6.2ClH/c27-11-9-23-5-7-25-13-1-2-14(26-8-6-24-10-12-28)18-17(13)21(31)19-15(29)3-4-16(30)20(19)22(18)32;1-9-13(16(20)24-3)15(14(10(2)18-9)17(21)25-4)11-7-5-6-8-12(11)19(22)23;;/h1-4,23-30H,5-12H2;5-8,15,18H,1-4H3;2*1H. The van der Waals surface area contributed by atoms with Crippen molar-refractivity contribution in [3.8, 4) is 11.5 Å². The van der Waals surface area contributed by atoms with Gasteiger partial charge in [-0.2, -0.15) is 0 Å². The van der Waals surface area contributed by atoms with Crippen LogP contribution in [-0.2, 0) is 19.1 Å². The van der Waals surface area contributed by atoms with Crippen molar-refractivity contribution in [1.29, 1.82) is 0 Å². The number of hydrogen-bond donors (Lipinski definition) is 9. The summed E-state index contributed by atoms with van der Waals surface area (Å²) in [5.74, 6) is -4.19. The number of hydrogen-bond acceptors (Lipinski definition) is 17. The van der Waals surface area contributed by atoms with Gasteiger partial charge in [-0.3, -0.25) is 19.7 Å². The number of nitro groups is 1. The number of rotatable bonds is 16. The van der Waals surface area contributed by atoms with Crippen LogP contribution < -0.4 is 26.6 Å². The number of phenols is 2. The Morgan fingerprint density at radius 3 is 1.51 bits per heavy atom. The third-order valence-electron chi connectivity index (χ3n) is 9.10. The lowest BCUT2D eigenvalue weighted by atomic mass is 9.79. The van der Waals surface area contributed by atoms with Crippen molar-refractivity contribution >= 4 is 65.4 Å². The number of para-hydroxylation sites is 1. The van der Waals surface area contributed by atoms with Gasteiger partial charge >= 0.3 is 11.9 Å². The molecule has 2 aliphatic rings. The molecule has 20 heteroatoms. The van der Waals surface area contributed by atoms with E-state index in [2.05, 4.69) is 26.6 Å². The maximum Gasteiger partial charge on any atom is 0.336 e. The Morgan fingerprint density at radius 1 is 0.695 bits per heavy atom. The number of benzene rings is 3. The van der Waals surface area contributed by atoms with Gasteiger partial charge in [-0.1, -0.05) is 18.2 Å². The third kappa shape index (κ3) is 11.0. The van der Waals surface area contributed by atoms with Crippen LogP contribution in [0.2, 0.25) is 0 Å². The molecule has 320 valence electrons. The molecule has 1 heterocycles. The van der Waals surface area contributed by atoms with Crippen molar-refractivity contribution < 1.29 is 54.0 Å². The summed E-state index contributed by atoms with van der Waals surface area (Å²) in [5, 5.41) is 65.0. The van der Waals surface area contributed by atoms with E-state index in [4.69, 9.17) is 19.7 Å². The minimum Gasteiger partial charge on any atom is -0.507 e. The number of nitrogens with zero attached hydrogens (tertiary/aromatic N) is 1. The van der Waals surface area contributed by atoms with Gasteiger partial charge in [0.25, 0.3) is 5.69 Å². The molecule has 1 aliphatic carbocycles. The Hall–Kier alpha value is -5.76. The fraction of sp³-hybridized carbons (Fsp3) is 0.333. The van der Waals surface area contributed by atoms with Gasteiger partial charge in [0.15, 0.2) is 0 Å². The average molecular weight is 864 g/mol. The van der Waals surface area contributed by atoms with Gasteiger partial charge in [-0.15, -0.1) is 24.8 Å². The second kappa shape index (κ2) is 23.0. The molecule has 0 saturated heterocycles. The zero-order chi connectivity index (χ0) is 41.8. The fourth-order valence-electron chi connectivity index (χ4n) is 6.60. The van der Waals surface area contributed by atoms with Crippen LogP contribution >= 0.6 is 24.8 Å². The first-order valence-corrected chi connectivity index (χ1v) is 17.8. The van der Waals surface area contributed by atoms with Crippen LogP contribution in [0.1, 0.15) is 57.2 Å². The molecule has 59 heavy (non-hydrogen) atoms. The third-order valence-corrected chi connectivity index (χ3v) is 9.10. The summed E-state index contributed by atoms with van der Waals surface area (Å²) < 4.78 is 9.66. The Bertz CT molecular complexity index is 1990. The molecular weight excluding hydrogens is 815 g/mol. The number of phenolic OH excluding ortho intramolecular Hbond substituents is 2. The van der Waals surface area contributed by atoms with Crippen molar-refractivity contribution in [3.63, 3.8) is 0 Å². The predicted molar refractivity (Wildman–Crippen MR) is 223 cm³/mol. The highest BCUT2D eigenvalue weighted by molar-refractivity contribution is 6.33. The molecule has 0 fully saturated rings. The van der Waals surface area contributed by atoms with Gasteiger partial charge < -0.3 is 56.5 Å². The Labute approximate surface area is 352 Å². The minimum absolute atomic E-state index is 0. The molecule has 0 amide bonds. The van der Waals surface area contributed by atoms with E-state index in [9.17, 15) is 39.5 Å². The Kier molecular flexibility index (Phi) is 19.2. The number of nitrogens with one attached hydrogen (secondary N) is 5. The Morgan fingerprint density at radius 2 is 1.12 bits per heavy atom. The van der Waals surface area contributed by atoms with Crippen molar-refractivity contribution in [2.24, 2.45) is 0 Å². The number of esters is 2. The molecule has 0 unspecified atom stereocenters. The topological polar surface area (TPSA) is 271 Å². The van der Waals surface area contributed by atoms with Crippen LogP contribution in [-0.4, -0.2) is 116 Å². The lowest BCUT2D eigenvalue weighted by molar-refractivity contribution is -0.385. The monoisotopic (exact) mass is 862 g/mol. The van der Waals surface area contributed by atoms with E-state index in [0.717, 1.165) is 0 Å². The molecular formula is C39H48Cl2N6O12. The molecule has 5 rings (SSSR count). The van der Waals surface area contributed by atoms with Crippen molar-refractivity contribution in [3.05, 3.63) is 109 Å². The van der Waals surface area contributed by atoms with Crippen molar-refractivity contribution in [2.45, 2.75) is 19.8 Å². The van der Waals surface area contributed by atoms with E-state index in [1.165, 1.54) is 44.6 Å². The molecule has 0 spiro atoms. The molecule has 0 radical (unpaired) electrons. The lowest BCUT2D eigenvalue weighted by Gasteiger charge is -2.29. The number of nitro benzene ring substituents is 1. The number of aliphatic hydroxyl groups excluding tert-OH is 2. The highest BCUT2D eigenvalue weighted by Crippen LogP contribution is 2.44. The van der Waals surface area contributed by atoms with E-state index in [1.54, 1.807) is 32.0 Å². The van der Waals surface area contributed by atoms with Gasteiger partial charge in [-0.25, -0.2) is 9.59 Å². The number of dihydropyridines is 1. The molecule has 3 aromatic rings. The zero-order valence-electron chi connectivity index (χ0n) is 32.7. The zero-order valence-corrected chi connectivity index (χ0v) is 34.3. The number of ether oxygens (including phenoxy) is 2. The maximum atomic E-state index is 13.4. The number of aliphatic hydroxyl groups is 2. The molecule has 0 bridgehead atoms. The molecule has 9 N–H and O–H groups in total. The van der Waals surface area contributed by atoms with Crippen LogP contribution in [0.15, 0.2) is 71.1 Å². The number of aromatic hydroxyl groups is 2. The summed E-state index contributed by atoms with van der Waals surface area (Å²) in [6.07, 6.45) is 0. The van der Waals surface area contributed by atoms with Crippen LogP contribution in [0.4, 0.5) is 17.1 Å². The first-order chi connectivity index (χ1) is 27.3. The number of carbonyl (C=O) groups is 4. The van der Waals surface area contributed by atoms with Crippen LogP contribution in [0.3, 0.4) is 0 Å². The van der Waals surface area contributed by atoms with Crippen LogP contribution in [0.5, 0.6) is 11.5 Å². The number of ketones is 2. The van der Waals surface area contributed by atoms with E-state index >= 15 is 0 Å². The lowest BCUT2D eigenvalue weighted by Crippen LogP contribution is -2.32. The number of anilines is 2. The molecule has 3 aromatic carbocycles. The van der Waals surface area contributed by atoms with E-state index in [1.807, 2.05) is 0 Å². The highest BCUT2D eigenvalue weighted by Gasteiger charge is 2.41. The van der Waals surface area contributed by atoms with E-state index < -0.39 is 34.3 Å². The molecule has 0 atom stereocenters. The second-order valence-corrected chi connectivity index (χ2v) is 12.7. The summed E-state index contributed by atoms with van der Waals surface area (Å²) in [4.78, 5) is 62.3. The molecule has 0 saturated carbocycles. The van der Waals surface area contributed by atoms with Crippen LogP contribution in [0, 0.1) is 10.1 Å². The normalized spacial score (nSPS) is 13.1. The Balaban J connectivity index is 0.000000405. The molecule has 1 aliphatic heterocycles. The van der Waals surface area contributed by atoms with E-state index in [0.29, 0.717) is 62.0 Å². The molecule has 0 aromatic heterocycles. The summed E-state index contributed by atoms with van der Waals surface area (Å²) in [6.45, 7) is 6.10. The van der Waals surface area contributed by atoms with Gasteiger partial charge in [-0.05, 0) is 38.1 Å². The van der Waals surface area contributed by atoms with Crippen molar-refractivity contribution in [1.82, 2.24) is 16.0 Å².